The van der Waals surface area contributed by atoms with Crippen LogP contribution in [-0.2, 0) is 0 Å². The van der Waals surface area contributed by atoms with E-state index in [9.17, 15) is 13.6 Å². The number of aromatic carboxylic acids is 1. The van der Waals surface area contributed by atoms with Crippen molar-refractivity contribution >= 4 is 5.97 Å². The Balaban J connectivity index is 3.11. The van der Waals surface area contributed by atoms with Crippen molar-refractivity contribution in [1.82, 2.24) is 9.78 Å². The highest BCUT2D eigenvalue weighted by Crippen LogP contribution is 2.19. The summed E-state index contributed by atoms with van der Waals surface area (Å²) in [6.45, 7) is -2.87. The van der Waals surface area contributed by atoms with Crippen LogP contribution in [0.4, 0.5) is 8.78 Å². The van der Waals surface area contributed by atoms with Gasteiger partial charge in [-0.2, -0.15) is 8.78 Å². The highest BCUT2D eigenvalue weighted by molar-refractivity contribution is 5.89. The molecule has 1 heterocycles. The molecule has 5 nitrogen and oxygen atoms in total. The van der Waals surface area contributed by atoms with Crippen LogP contribution in [0.2, 0.25) is 0 Å². The van der Waals surface area contributed by atoms with Crippen molar-refractivity contribution in [1.29, 1.82) is 0 Å². The molecule has 0 aromatic carbocycles. The molecule has 7 heteroatoms. The molecule has 1 aromatic rings. The van der Waals surface area contributed by atoms with Gasteiger partial charge in [0.1, 0.15) is 5.56 Å². The van der Waals surface area contributed by atoms with Crippen LogP contribution >= 0.6 is 0 Å². The van der Waals surface area contributed by atoms with Crippen LogP contribution in [0.3, 0.4) is 0 Å². The molecule has 1 aromatic heterocycles. The molecule has 1 rings (SSSR count). The molecule has 0 aliphatic heterocycles. The third kappa shape index (κ3) is 1.74. The summed E-state index contributed by atoms with van der Waals surface area (Å²) in [7, 11) is 1.16. The normalized spacial score (nSPS) is 10.5. The van der Waals surface area contributed by atoms with Gasteiger partial charge in [-0.1, -0.05) is 0 Å². The summed E-state index contributed by atoms with van der Waals surface area (Å²) in [5, 5.41) is 11.7. The second-order valence-electron chi connectivity index (χ2n) is 2.11. The van der Waals surface area contributed by atoms with Gasteiger partial charge in [-0.3, -0.25) is 0 Å². The molecule has 0 radical (unpaired) electrons. The number of methoxy groups -OCH3 is 1. The molecule has 0 aliphatic carbocycles. The van der Waals surface area contributed by atoms with Crippen molar-refractivity contribution in [3.63, 3.8) is 0 Å². The third-order valence-electron chi connectivity index (χ3n) is 1.32. The van der Waals surface area contributed by atoms with Crippen LogP contribution in [0.15, 0.2) is 6.20 Å². The largest absolute Gasteiger partial charge is 0.479 e. The summed E-state index contributed by atoms with van der Waals surface area (Å²) in [6.07, 6.45) is 0.714. The molecule has 0 saturated heterocycles. The average molecular weight is 192 g/mol. The molecule has 13 heavy (non-hydrogen) atoms. The number of rotatable bonds is 3. The topological polar surface area (TPSA) is 64.4 Å². The van der Waals surface area contributed by atoms with Gasteiger partial charge in [-0.15, -0.1) is 5.10 Å². The number of aromatic nitrogens is 2. The van der Waals surface area contributed by atoms with E-state index in [1.54, 1.807) is 0 Å². The number of hydrogen-bond donors (Lipinski definition) is 1. The number of hydrogen-bond acceptors (Lipinski definition) is 3. The summed E-state index contributed by atoms with van der Waals surface area (Å²) < 4.78 is 28.7. The highest BCUT2D eigenvalue weighted by Gasteiger charge is 2.19. The fourth-order valence-electron chi connectivity index (χ4n) is 0.773. The number of carbonyl (C=O) groups is 1. The van der Waals surface area contributed by atoms with Crippen LogP contribution in [0, 0.1) is 0 Å². The minimum Gasteiger partial charge on any atom is -0.479 e. The number of carboxylic acid groups (broad SMARTS) is 1. The lowest BCUT2D eigenvalue weighted by Gasteiger charge is -1.95. The van der Waals surface area contributed by atoms with Gasteiger partial charge in [0, 0.05) is 6.20 Å². The predicted molar refractivity (Wildman–Crippen MR) is 37.0 cm³/mol. The summed E-state index contributed by atoms with van der Waals surface area (Å²) in [5.41, 5.74) is -0.386. The number of ether oxygens (including phenoxy) is 1. The van der Waals surface area contributed by atoms with Crippen LogP contribution in [0.25, 0.3) is 0 Å². The van der Waals surface area contributed by atoms with E-state index >= 15 is 0 Å². The summed E-state index contributed by atoms with van der Waals surface area (Å²) in [5.74, 6) is -1.68. The first-order valence-electron chi connectivity index (χ1n) is 3.21. The van der Waals surface area contributed by atoms with Gasteiger partial charge in [-0.25, -0.2) is 9.48 Å². The van der Waals surface area contributed by atoms with E-state index in [1.165, 1.54) is 0 Å². The Morgan fingerprint density at radius 3 is 2.69 bits per heavy atom. The van der Waals surface area contributed by atoms with Crippen LogP contribution in [-0.4, -0.2) is 28.0 Å². The lowest BCUT2D eigenvalue weighted by Crippen LogP contribution is -1.98. The molecule has 0 bridgehead atoms. The maximum Gasteiger partial charge on any atom is 0.342 e. The summed E-state index contributed by atoms with van der Waals surface area (Å²) in [6, 6.07) is 0. The average Bonchev–Trinajstić information content (AvgIpc) is 2.47. The maximum absolute atomic E-state index is 12.0. The fraction of sp³-hybridized carbons (Fsp3) is 0.333. The Hall–Kier alpha value is -1.66. The van der Waals surface area contributed by atoms with Gasteiger partial charge in [0.15, 0.2) is 0 Å². The van der Waals surface area contributed by atoms with Crippen LogP contribution in [0.1, 0.15) is 16.9 Å². The molecule has 0 unspecified atom stereocenters. The van der Waals surface area contributed by atoms with E-state index in [0.29, 0.717) is 6.20 Å². The van der Waals surface area contributed by atoms with E-state index in [1.807, 2.05) is 0 Å². The van der Waals surface area contributed by atoms with E-state index in [-0.39, 0.29) is 16.1 Å². The van der Waals surface area contributed by atoms with E-state index < -0.39 is 12.5 Å². The first-order valence-corrected chi connectivity index (χ1v) is 3.21. The fourth-order valence-corrected chi connectivity index (χ4v) is 0.773. The van der Waals surface area contributed by atoms with Crippen LogP contribution in [0.5, 0.6) is 5.88 Å². The lowest BCUT2D eigenvalue weighted by molar-refractivity contribution is 0.0552. The molecular formula is C6H6F2N2O3. The zero-order valence-corrected chi connectivity index (χ0v) is 6.57. The van der Waals surface area contributed by atoms with Gasteiger partial charge in [0.05, 0.1) is 7.11 Å². The third-order valence-corrected chi connectivity index (χ3v) is 1.32. The van der Waals surface area contributed by atoms with Crippen molar-refractivity contribution in [2.24, 2.45) is 0 Å². The molecule has 0 amide bonds. The van der Waals surface area contributed by atoms with E-state index in [4.69, 9.17) is 5.11 Å². The van der Waals surface area contributed by atoms with Crippen molar-refractivity contribution < 1.29 is 23.4 Å². The maximum atomic E-state index is 12.0. The Kier molecular flexibility index (Phi) is 2.45. The van der Waals surface area contributed by atoms with Crippen molar-refractivity contribution in [2.45, 2.75) is 6.55 Å². The molecular weight excluding hydrogens is 186 g/mol. The Labute approximate surface area is 71.5 Å². The first-order chi connectivity index (χ1) is 6.06. The van der Waals surface area contributed by atoms with E-state index in [2.05, 4.69) is 9.84 Å². The molecule has 0 atom stereocenters. The Morgan fingerprint density at radius 1 is 1.77 bits per heavy atom. The van der Waals surface area contributed by atoms with Gasteiger partial charge in [0.25, 0.3) is 0 Å². The Bertz CT molecular complexity index is 324. The van der Waals surface area contributed by atoms with Crippen molar-refractivity contribution in [3.05, 3.63) is 11.8 Å². The zero-order chi connectivity index (χ0) is 10.0. The monoisotopic (exact) mass is 192 g/mol. The van der Waals surface area contributed by atoms with Gasteiger partial charge in [-0.05, 0) is 0 Å². The molecule has 0 fully saturated rings. The van der Waals surface area contributed by atoms with Crippen molar-refractivity contribution in [3.8, 4) is 5.88 Å². The summed E-state index contributed by atoms with van der Waals surface area (Å²) in [4.78, 5) is 10.4. The molecule has 0 saturated carbocycles. The number of halogens is 2. The molecule has 1 N–H and O–H groups in total. The number of alkyl halides is 2. The zero-order valence-electron chi connectivity index (χ0n) is 6.57. The standard InChI is InChI=1S/C6H6F2N2O3/c1-13-4-3(5(11)12)2-10(9-4)6(7)8/h2,6H,1H3,(H,11,12). The number of nitrogens with zero attached hydrogens (tertiary/aromatic N) is 2. The molecule has 0 aliphatic rings. The quantitative estimate of drug-likeness (QED) is 0.775. The highest BCUT2D eigenvalue weighted by atomic mass is 19.3. The van der Waals surface area contributed by atoms with Gasteiger partial charge in [0.2, 0.25) is 5.88 Å². The summed E-state index contributed by atoms with van der Waals surface area (Å²) >= 11 is 0. The molecule has 0 spiro atoms. The second kappa shape index (κ2) is 3.38. The minimum atomic E-state index is -2.87. The van der Waals surface area contributed by atoms with E-state index in [0.717, 1.165) is 7.11 Å². The van der Waals surface area contributed by atoms with Crippen molar-refractivity contribution in [2.75, 3.05) is 7.11 Å². The predicted octanol–water partition coefficient (Wildman–Crippen LogP) is 0.985. The SMILES string of the molecule is COc1nn(C(F)F)cc1C(=O)O. The van der Waals surface area contributed by atoms with Gasteiger partial charge < -0.3 is 9.84 Å². The first kappa shape index (κ1) is 9.43. The second-order valence-corrected chi connectivity index (χ2v) is 2.11. The lowest BCUT2D eigenvalue weighted by atomic mass is 10.3. The smallest absolute Gasteiger partial charge is 0.342 e. The number of carboxylic acids is 1. The Morgan fingerprint density at radius 2 is 2.38 bits per heavy atom. The molecule has 72 valence electrons. The minimum absolute atomic E-state index is 0.224. The van der Waals surface area contributed by atoms with Crippen LogP contribution < -0.4 is 4.74 Å². The van der Waals surface area contributed by atoms with Gasteiger partial charge >= 0.3 is 12.5 Å².